The molecule has 2 amide bonds. The third-order valence-electron chi connectivity index (χ3n) is 5.24. The Kier molecular flexibility index (Phi) is 5.99. The summed E-state index contributed by atoms with van der Waals surface area (Å²) in [5.41, 5.74) is 0.483. The molecule has 1 aromatic heterocycles. The number of hydrogen-bond donors (Lipinski definition) is 1. The van der Waals surface area contributed by atoms with E-state index in [0.29, 0.717) is 48.1 Å². The Labute approximate surface area is 183 Å². The minimum atomic E-state index is -3.99. The van der Waals surface area contributed by atoms with Crippen molar-refractivity contribution in [3.8, 4) is 0 Å². The molecule has 2 aliphatic heterocycles. The Morgan fingerprint density at radius 2 is 2.07 bits per heavy atom. The van der Waals surface area contributed by atoms with Crippen LogP contribution < -0.4 is 4.72 Å². The van der Waals surface area contributed by atoms with E-state index in [2.05, 4.69) is 9.71 Å². The van der Waals surface area contributed by atoms with E-state index < -0.39 is 28.0 Å². The number of rotatable bonds is 5. The number of halogens is 1. The maximum absolute atomic E-state index is 12.8. The molecular formula is C18H21ClN4O5S2. The second kappa shape index (κ2) is 8.39. The SMILES string of the molecule is C[C@@H](C(=O)N1CCOCC1)N1CC[C@H](NS(=O)(=O)c2nc3cc(Cl)ccc3s2)C1=O. The lowest BCUT2D eigenvalue weighted by Gasteiger charge is -2.32. The molecule has 2 fully saturated rings. The van der Waals surface area contributed by atoms with Gasteiger partial charge in [-0.25, -0.2) is 13.4 Å². The first kappa shape index (κ1) is 21.4. The number of likely N-dealkylation sites (tertiary alicyclic amines) is 1. The summed E-state index contributed by atoms with van der Waals surface area (Å²) in [5.74, 6) is -0.560. The van der Waals surface area contributed by atoms with Gasteiger partial charge >= 0.3 is 0 Å². The number of fused-ring (bicyclic) bond motifs is 1. The standard InChI is InChI=1S/C18H21ClN4O5S2/c1-11(16(24)22-6-8-28-9-7-22)23-5-4-13(17(23)25)21-30(26,27)18-20-14-10-12(19)2-3-15(14)29-18/h2-3,10-11,13,21H,4-9H2,1H3/t11-,13-/m0/s1. The van der Waals surface area contributed by atoms with Crippen LogP contribution in [0, 0.1) is 0 Å². The minimum absolute atomic E-state index is 0.122. The zero-order valence-corrected chi connectivity index (χ0v) is 18.6. The number of benzene rings is 1. The summed E-state index contributed by atoms with van der Waals surface area (Å²) < 4.78 is 33.8. The summed E-state index contributed by atoms with van der Waals surface area (Å²) >= 11 is 6.95. The number of thiazole rings is 1. The van der Waals surface area contributed by atoms with E-state index in [-0.39, 0.29) is 16.7 Å². The Hall–Kier alpha value is -1.79. The van der Waals surface area contributed by atoms with Gasteiger partial charge in [0.1, 0.15) is 12.1 Å². The van der Waals surface area contributed by atoms with Crippen LogP contribution in [0.5, 0.6) is 0 Å². The Morgan fingerprint density at radius 1 is 1.33 bits per heavy atom. The van der Waals surface area contributed by atoms with Gasteiger partial charge in [0.15, 0.2) is 0 Å². The van der Waals surface area contributed by atoms with Crippen molar-refractivity contribution in [3.63, 3.8) is 0 Å². The van der Waals surface area contributed by atoms with Crippen molar-refractivity contribution in [2.24, 2.45) is 0 Å². The predicted molar refractivity (Wildman–Crippen MR) is 112 cm³/mol. The number of aromatic nitrogens is 1. The van der Waals surface area contributed by atoms with Crippen LogP contribution in [0.1, 0.15) is 13.3 Å². The highest BCUT2D eigenvalue weighted by Crippen LogP contribution is 2.28. The highest BCUT2D eigenvalue weighted by molar-refractivity contribution is 7.91. The lowest BCUT2D eigenvalue weighted by Crippen LogP contribution is -2.52. The molecule has 0 bridgehead atoms. The Morgan fingerprint density at radius 3 is 2.80 bits per heavy atom. The highest BCUT2D eigenvalue weighted by atomic mass is 35.5. The van der Waals surface area contributed by atoms with Crippen molar-refractivity contribution in [2.45, 2.75) is 29.8 Å². The fourth-order valence-corrected chi connectivity index (χ4v) is 6.22. The van der Waals surface area contributed by atoms with E-state index in [9.17, 15) is 18.0 Å². The number of hydrogen-bond acceptors (Lipinski definition) is 7. The van der Waals surface area contributed by atoms with Crippen LogP contribution in [0.3, 0.4) is 0 Å². The molecule has 0 aliphatic carbocycles. The van der Waals surface area contributed by atoms with Gasteiger partial charge in [-0.3, -0.25) is 9.59 Å². The van der Waals surface area contributed by atoms with Crippen LogP contribution in [0.25, 0.3) is 10.2 Å². The van der Waals surface area contributed by atoms with Crippen LogP contribution in [-0.4, -0.2) is 79.9 Å². The van der Waals surface area contributed by atoms with E-state index in [1.165, 1.54) is 4.90 Å². The molecule has 30 heavy (non-hydrogen) atoms. The summed E-state index contributed by atoms with van der Waals surface area (Å²) in [4.78, 5) is 32.8. The molecule has 0 saturated carbocycles. The molecule has 2 saturated heterocycles. The molecule has 12 heteroatoms. The van der Waals surface area contributed by atoms with E-state index in [1.54, 1.807) is 30.0 Å². The van der Waals surface area contributed by atoms with Gasteiger partial charge < -0.3 is 14.5 Å². The molecule has 2 aliphatic rings. The lowest BCUT2D eigenvalue weighted by atomic mass is 10.2. The van der Waals surface area contributed by atoms with Gasteiger partial charge in [0, 0.05) is 24.7 Å². The number of sulfonamides is 1. The van der Waals surface area contributed by atoms with Gasteiger partial charge in [-0.05, 0) is 31.5 Å². The van der Waals surface area contributed by atoms with Gasteiger partial charge in [0.05, 0.1) is 23.4 Å². The number of ether oxygens (including phenoxy) is 1. The van der Waals surface area contributed by atoms with Crippen molar-refractivity contribution in [2.75, 3.05) is 32.8 Å². The third kappa shape index (κ3) is 4.17. The lowest BCUT2D eigenvalue weighted by molar-refractivity contribution is -0.146. The van der Waals surface area contributed by atoms with Gasteiger partial charge in [-0.15, -0.1) is 11.3 Å². The first-order valence-corrected chi connectivity index (χ1v) is 12.2. The molecule has 0 unspecified atom stereocenters. The van der Waals surface area contributed by atoms with Crippen LogP contribution in [0.4, 0.5) is 0 Å². The van der Waals surface area contributed by atoms with Gasteiger partial charge in [-0.1, -0.05) is 11.6 Å². The highest BCUT2D eigenvalue weighted by Gasteiger charge is 2.40. The second-order valence-corrected chi connectivity index (χ2v) is 10.6. The van der Waals surface area contributed by atoms with Crippen molar-refractivity contribution in [1.29, 1.82) is 0 Å². The summed E-state index contributed by atoms with van der Waals surface area (Å²) in [6.07, 6.45) is 0.287. The topological polar surface area (TPSA) is 109 Å². The second-order valence-electron chi connectivity index (χ2n) is 7.20. The summed E-state index contributed by atoms with van der Waals surface area (Å²) in [6, 6.07) is 3.38. The zero-order valence-electron chi connectivity index (χ0n) is 16.2. The molecule has 1 N–H and O–H groups in total. The van der Waals surface area contributed by atoms with Gasteiger partial charge in [0.25, 0.3) is 10.0 Å². The van der Waals surface area contributed by atoms with Crippen LogP contribution in [-0.2, 0) is 24.3 Å². The third-order valence-corrected chi connectivity index (χ3v) is 8.37. The normalized spacial score (nSPS) is 21.4. The molecule has 0 radical (unpaired) electrons. The monoisotopic (exact) mass is 472 g/mol. The molecule has 162 valence electrons. The van der Waals surface area contributed by atoms with E-state index in [1.807, 2.05) is 0 Å². The molecule has 9 nitrogen and oxygen atoms in total. The predicted octanol–water partition coefficient (Wildman–Crippen LogP) is 1.08. The summed E-state index contributed by atoms with van der Waals surface area (Å²) in [7, 11) is -3.99. The number of carbonyl (C=O) groups is 2. The van der Waals surface area contributed by atoms with Crippen molar-refractivity contribution < 1.29 is 22.7 Å². The summed E-state index contributed by atoms with van der Waals surface area (Å²) in [5, 5.41) is 0.463. The number of morpholine rings is 1. The Balaban J connectivity index is 1.45. The maximum atomic E-state index is 12.8. The smallest absolute Gasteiger partial charge is 0.268 e. The summed E-state index contributed by atoms with van der Waals surface area (Å²) in [6.45, 7) is 3.90. The van der Waals surface area contributed by atoms with E-state index in [0.717, 1.165) is 11.3 Å². The molecule has 4 rings (SSSR count). The van der Waals surface area contributed by atoms with E-state index >= 15 is 0 Å². The molecule has 1 aromatic carbocycles. The molecule has 3 heterocycles. The van der Waals surface area contributed by atoms with Crippen LogP contribution in [0.15, 0.2) is 22.5 Å². The van der Waals surface area contributed by atoms with Crippen LogP contribution in [0.2, 0.25) is 5.02 Å². The van der Waals surface area contributed by atoms with Crippen molar-refractivity contribution >= 4 is 55.0 Å². The molecular weight excluding hydrogens is 452 g/mol. The average molecular weight is 473 g/mol. The Bertz CT molecular complexity index is 1080. The fraction of sp³-hybridized carbons (Fsp3) is 0.500. The molecule has 0 spiro atoms. The quantitative estimate of drug-likeness (QED) is 0.697. The number of amides is 2. The van der Waals surface area contributed by atoms with Gasteiger partial charge in [-0.2, -0.15) is 4.72 Å². The largest absolute Gasteiger partial charge is 0.378 e. The maximum Gasteiger partial charge on any atom is 0.268 e. The van der Waals surface area contributed by atoms with Gasteiger partial charge in [0.2, 0.25) is 16.2 Å². The fourth-order valence-electron chi connectivity index (χ4n) is 3.61. The van der Waals surface area contributed by atoms with E-state index in [4.69, 9.17) is 16.3 Å². The number of nitrogens with zero attached hydrogens (tertiary/aromatic N) is 3. The molecule has 2 atom stereocenters. The van der Waals surface area contributed by atoms with Crippen molar-refractivity contribution in [3.05, 3.63) is 23.2 Å². The first-order valence-electron chi connectivity index (χ1n) is 9.52. The zero-order chi connectivity index (χ0) is 21.5. The average Bonchev–Trinajstić information content (AvgIpc) is 3.31. The number of nitrogens with one attached hydrogen (secondary N) is 1. The van der Waals surface area contributed by atoms with Crippen molar-refractivity contribution in [1.82, 2.24) is 19.5 Å². The first-order chi connectivity index (χ1) is 14.3. The molecule has 2 aromatic rings. The van der Waals surface area contributed by atoms with Crippen LogP contribution >= 0.6 is 22.9 Å². The minimum Gasteiger partial charge on any atom is -0.378 e. The number of carbonyl (C=O) groups excluding carboxylic acids is 2.